The van der Waals surface area contributed by atoms with Crippen molar-refractivity contribution in [2.24, 2.45) is 23.7 Å². The first-order chi connectivity index (χ1) is 12.4. The zero-order valence-corrected chi connectivity index (χ0v) is 15.0. The summed E-state index contributed by atoms with van der Waals surface area (Å²) in [4.78, 5) is 35.7. The Labute approximate surface area is 153 Å². The Morgan fingerprint density at radius 1 is 1.33 bits per heavy atom. The minimum absolute atomic E-state index is 0.270. The van der Waals surface area contributed by atoms with Gasteiger partial charge in [0.25, 0.3) is 0 Å². The Balaban J connectivity index is 1.60. The molecule has 0 aromatic heterocycles. The molecule has 12 heteroatoms. The van der Waals surface area contributed by atoms with Crippen LogP contribution in [0.1, 0.15) is 26.2 Å². The third-order valence-corrected chi connectivity index (χ3v) is 6.31. The van der Waals surface area contributed by atoms with Gasteiger partial charge in [-0.15, -0.1) is 0 Å². The summed E-state index contributed by atoms with van der Waals surface area (Å²) in [7, 11) is -5.54. The highest BCUT2D eigenvalue weighted by Gasteiger charge is 2.70. The van der Waals surface area contributed by atoms with Gasteiger partial charge in [-0.3, -0.25) is 18.9 Å². The third kappa shape index (κ3) is 3.40. The van der Waals surface area contributed by atoms with Gasteiger partial charge < -0.3 is 14.2 Å². The first-order valence-corrected chi connectivity index (χ1v) is 9.77. The molecule has 6 atom stereocenters. The van der Waals surface area contributed by atoms with Gasteiger partial charge in [-0.2, -0.15) is 17.2 Å². The fourth-order valence-corrected chi connectivity index (χ4v) is 4.74. The van der Waals surface area contributed by atoms with E-state index in [1.54, 1.807) is 0 Å². The van der Waals surface area contributed by atoms with Crippen LogP contribution in [0, 0.1) is 23.7 Å². The van der Waals surface area contributed by atoms with Crippen molar-refractivity contribution in [2.45, 2.75) is 43.6 Å². The van der Waals surface area contributed by atoms with Crippen molar-refractivity contribution in [3.05, 3.63) is 0 Å². The normalized spacial score (nSPS) is 34.4. The van der Waals surface area contributed by atoms with E-state index < -0.39 is 82.7 Å². The molecule has 2 aliphatic carbocycles. The summed E-state index contributed by atoms with van der Waals surface area (Å²) in [5, 5.41) is -4.34. The molecule has 3 fully saturated rings. The van der Waals surface area contributed by atoms with E-state index >= 15 is 0 Å². The zero-order valence-electron chi connectivity index (χ0n) is 14.2. The van der Waals surface area contributed by atoms with E-state index in [1.807, 2.05) is 0 Å². The van der Waals surface area contributed by atoms with Crippen molar-refractivity contribution in [1.29, 1.82) is 0 Å². The molecule has 0 aromatic rings. The molecule has 1 N–H and O–H groups in total. The lowest BCUT2D eigenvalue weighted by Gasteiger charge is -2.29. The van der Waals surface area contributed by atoms with Crippen LogP contribution >= 0.6 is 0 Å². The maximum Gasteiger partial charge on any atom is 0.370 e. The second-order valence-electron chi connectivity index (χ2n) is 6.97. The topological polar surface area (TPSA) is 133 Å². The average Bonchev–Trinajstić information content (AvgIpc) is 3.13. The monoisotopic (exact) mass is 412 g/mol. The van der Waals surface area contributed by atoms with E-state index in [-0.39, 0.29) is 5.92 Å². The SMILES string of the molecule is CC(=O)OC1C2CC3C1OC(=O)C3C2C(=O)OCCCC(F)(F)S(=O)(=O)O. The van der Waals surface area contributed by atoms with Crippen LogP contribution in [0.2, 0.25) is 0 Å². The van der Waals surface area contributed by atoms with Crippen molar-refractivity contribution >= 4 is 28.0 Å². The van der Waals surface area contributed by atoms with Gasteiger partial charge in [-0.25, -0.2) is 0 Å². The molecule has 2 saturated carbocycles. The highest BCUT2D eigenvalue weighted by atomic mass is 32.2. The first-order valence-electron chi connectivity index (χ1n) is 8.33. The number of fused-ring (bicyclic) bond motifs is 1. The lowest BCUT2D eigenvalue weighted by molar-refractivity contribution is -0.164. The molecular weight excluding hydrogens is 394 g/mol. The van der Waals surface area contributed by atoms with Crippen molar-refractivity contribution in [2.75, 3.05) is 6.61 Å². The fraction of sp³-hybridized carbons (Fsp3) is 0.800. The van der Waals surface area contributed by atoms with Gasteiger partial charge in [0.05, 0.1) is 18.4 Å². The smallest absolute Gasteiger partial charge is 0.370 e. The van der Waals surface area contributed by atoms with Crippen LogP contribution in [0.25, 0.3) is 0 Å². The standard InChI is InChI=1S/C15H18F2O9S/c1-6(18)25-11-7-5-8-10(14(20)26-12(8)11)9(7)13(19)24-4-2-3-15(16,17)27(21,22)23/h7-12H,2-5H2,1H3,(H,21,22,23). The number of hydrogen-bond acceptors (Lipinski definition) is 8. The van der Waals surface area contributed by atoms with Gasteiger partial charge in [0.2, 0.25) is 0 Å². The lowest BCUT2D eigenvalue weighted by atomic mass is 9.78. The van der Waals surface area contributed by atoms with Crippen LogP contribution in [-0.2, 0) is 38.7 Å². The van der Waals surface area contributed by atoms with E-state index in [1.165, 1.54) is 6.92 Å². The van der Waals surface area contributed by atoms with Gasteiger partial charge in [0.15, 0.2) is 0 Å². The summed E-state index contributed by atoms with van der Waals surface area (Å²) in [6, 6.07) is 0. The Hall–Kier alpha value is -1.82. The number of alkyl halides is 2. The molecule has 0 radical (unpaired) electrons. The Kier molecular flexibility index (Phi) is 4.91. The molecule has 2 bridgehead atoms. The van der Waals surface area contributed by atoms with Crippen LogP contribution in [0.3, 0.4) is 0 Å². The molecule has 1 aliphatic heterocycles. The third-order valence-electron chi connectivity index (χ3n) is 5.35. The quantitative estimate of drug-likeness (QED) is 0.275. The van der Waals surface area contributed by atoms with Crippen molar-refractivity contribution in [3.8, 4) is 0 Å². The predicted molar refractivity (Wildman–Crippen MR) is 80.7 cm³/mol. The number of carbonyl (C=O) groups excluding carboxylic acids is 3. The predicted octanol–water partition coefficient (Wildman–Crippen LogP) is 0.530. The molecule has 27 heavy (non-hydrogen) atoms. The van der Waals surface area contributed by atoms with Gasteiger partial charge in [-0.05, 0) is 12.8 Å². The Bertz CT molecular complexity index is 765. The highest BCUT2D eigenvalue weighted by Crippen LogP contribution is 2.58. The van der Waals surface area contributed by atoms with Crippen molar-refractivity contribution in [1.82, 2.24) is 0 Å². The van der Waals surface area contributed by atoms with Crippen molar-refractivity contribution < 1.29 is 50.3 Å². The molecule has 1 saturated heterocycles. The molecule has 3 rings (SSSR count). The van der Waals surface area contributed by atoms with E-state index in [2.05, 4.69) is 0 Å². The van der Waals surface area contributed by atoms with Gasteiger partial charge >= 0.3 is 33.3 Å². The molecular formula is C15H18F2O9S. The lowest BCUT2D eigenvalue weighted by Crippen LogP contribution is -2.43. The van der Waals surface area contributed by atoms with Crippen LogP contribution in [0.5, 0.6) is 0 Å². The van der Waals surface area contributed by atoms with Crippen LogP contribution in [-0.4, -0.2) is 54.9 Å². The molecule has 6 unspecified atom stereocenters. The number of carbonyl (C=O) groups is 3. The fourth-order valence-electron chi connectivity index (χ4n) is 4.34. The highest BCUT2D eigenvalue weighted by molar-refractivity contribution is 7.86. The molecule has 3 aliphatic rings. The summed E-state index contributed by atoms with van der Waals surface area (Å²) in [6.45, 7) is 0.685. The van der Waals surface area contributed by atoms with Crippen molar-refractivity contribution in [3.63, 3.8) is 0 Å². The van der Waals surface area contributed by atoms with Crippen LogP contribution in [0.4, 0.5) is 8.78 Å². The van der Waals surface area contributed by atoms with Gasteiger partial charge in [0, 0.05) is 25.2 Å². The van der Waals surface area contributed by atoms with Crippen LogP contribution < -0.4 is 0 Å². The largest absolute Gasteiger partial charge is 0.465 e. The molecule has 1 heterocycles. The van der Waals surface area contributed by atoms with E-state index in [0.29, 0.717) is 6.42 Å². The second kappa shape index (κ2) is 6.66. The molecule has 9 nitrogen and oxygen atoms in total. The Morgan fingerprint density at radius 3 is 2.59 bits per heavy atom. The average molecular weight is 412 g/mol. The van der Waals surface area contributed by atoms with E-state index in [4.69, 9.17) is 18.8 Å². The summed E-state index contributed by atoms with van der Waals surface area (Å²) >= 11 is 0. The van der Waals surface area contributed by atoms with Gasteiger partial charge in [-0.1, -0.05) is 0 Å². The maximum absolute atomic E-state index is 13.1. The van der Waals surface area contributed by atoms with Gasteiger partial charge in [0.1, 0.15) is 12.2 Å². The Morgan fingerprint density at radius 2 is 2.00 bits per heavy atom. The number of rotatable bonds is 7. The van der Waals surface area contributed by atoms with E-state index in [9.17, 15) is 31.6 Å². The number of halogens is 2. The zero-order chi connectivity index (χ0) is 20.1. The summed E-state index contributed by atoms with van der Waals surface area (Å²) in [5.41, 5.74) is 0. The van der Waals surface area contributed by atoms with Crippen LogP contribution in [0.15, 0.2) is 0 Å². The summed E-state index contributed by atoms with van der Waals surface area (Å²) < 4.78 is 71.1. The van der Waals surface area contributed by atoms with E-state index in [0.717, 1.165) is 0 Å². The molecule has 0 spiro atoms. The first kappa shape index (κ1) is 19.9. The molecule has 0 amide bonds. The molecule has 0 aromatic carbocycles. The molecule has 152 valence electrons. The summed E-state index contributed by atoms with van der Waals surface area (Å²) in [6.07, 6.45) is -2.63. The second-order valence-corrected chi connectivity index (χ2v) is 8.52. The number of hydrogen-bond donors (Lipinski definition) is 1. The minimum atomic E-state index is -5.54. The minimum Gasteiger partial charge on any atom is -0.465 e. The number of esters is 3. The maximum atomic E-state index is 13.1. The number of ether oxygens (including phenoxy) is 3. The summed E-state index contributed by atoms with van der Waals surface area (Å²) in [5.74, 6) is -4.34.